The van der Waals surface area contributed by atoms with Crippen molar-refractivity contribution in [2.24, 2.45) is 0 Å². The minimum absolute atomic E-state index is 0.00206. The van der Waals surface area contributed by atoms with Crippen LogP contribution in [0.3, 0.4) is 0 Å². The van der Waals surface area contributed by atoms with Gasteiger partial charge in [0, 0.05) is 24.4 Å². The van der Waals surface area contributed by atoms with Crippen molar-refractivity contribution in [3.8, 4) is 5.69 Å². The highest BCUT2D eigenvalue weighted by molar-refractivity contribution is 6.42. The molecule has 1 N–H and O–H groups in total. The number of hydrogen-bond acceptors (Lipinski definition) is 3. The van der Waals surface area contributed by atoms with E-state index in [9.17, 15) is 9.59 Å². The standard InChI is InChI=1S/C21H28Cl2N4O2/c1-6-10-26(20(29)7-2)13-19(28)24-18-12-17(21(3,4)5)25-27(18)14-8-9-15(22)16(23)11-14/h8-9,11-12H,6-7,10,13H2,1-5H3,(H,24,28). The Kier molecular flexibility index (Phi) is 7.72. The molecule has 0 unspecified atom stereocenters. The molecule has 0 saturated heterocycles. The smallest absolute Gasteiger partial charge is 0.245 e. The van der Waals surface area contributed by atoms with E-state index >= 15 is 0 Å². The second-order valence-electron chi connectivity index (χ2n) is 7.89. The molecular weight excluding hydrogens is 411 g/mol. The van der Waals surface area contributed by atoms with Crippen LogP contribution in [-0.4, -0.2) is 39.6 Å². The van der Waals surface area contributed by atoms with Crippen LogP contribution in [0.5, 0.6) is 0 Å². The van der Waals surface area contributed by atoms with E-state index in [1.165, 1.54) is 0 Å². The van der Waals surface area contributed by atoms with Crippen molar-refractivity contribution < 1.29 is 9.59 Å². The maximum absolute atomic E-state index is 12.7. The quantitative estimate of drug-likeness (QED) is 0.656. The largest absolute Gasteiger partial charge is 0.333 e. The van der Waals surface area contributed by atoms with Gasteiger partial charge < -0.3 is 10.2 Å². The van der Waals surface area contributed by atoms with Crippen LogP contribution in [-0.2, 0) is 15.0 Å². The predicted octanol–water partition coefficient (Wildman–Crippen LogP) is 5.06. The molecule has 0 saturated carbocycles. The average Bonchev–Trinajstić information content (AvgIpc) is 3.07. The third-order valence-electron chi connectivity index (χ3n) is 4.38. The summed E-state index contributed by atoms with van der Waals surface area (Å²) in [4.78, 5) is 26.3. The van der Waals surface area contributed by atoms with Crippen molar-refractivity contribution in [2.45, 2.75) is 52.9 Å². The molecule has 0 atom stereocenters. The first-order valence-corrected chi connectivity index (χ1v) is 10.5. The molecule has 0 radical (unpaired) electrons. The van der Waals surface area contributed by atoms with Crippen molar-refractivity contribution in [1.82, 2.24) is 14.7 Å². The Morgan fingerprint density at radius 3 is 2.38 bits per heavy atom. The summed E-state index contributed by atoms with van der Waals surface area (Å²) >= 11 is 12.2. The van der Waals surface area contributed by atoms with E-state index in [0.29, 0.717) is 34.5 Å². The topological polar surface area (TPSA) is 67.2 Å². The van der Waals surface area contributed by atoms with Gasteiger partial charge >= 0.3 is 0 Å². The predicted molar refractivity (Wildman–Crippen MR) is 118 cm³/mol. The molecule has 1 heterocycles. The fourth-order valence-electron chi connectivity index (χ4n) is 2.79. The first kappa shape index (κ1) is 23.2. The monoisotopic (exact) mass is 438 g/mol. The number of nitrogens with zero attached hydrogens (tertiary/aromatic N) is 3. The van der Waals surface area contributed by atoms with Crippen LogP contribution in [0.4, 0.5) is 5.82 Å². The van der Waals surface area contributed by atoms with Crippen molar-refractivity contribution in [3.05, 3.63) is 40.0 Å². The van der Waals surface area contributed by atoms with Crippen molar-refractivity contribution in [3.63, 3.8) is 0 Å². The number of benzene rings is 1. The Balaban J connectivity index is 2.35. The molecule has 0 aliphatic carbocycles. The van der Waals surface area contributed by atoms with Crippen molar-refractivity contribution in [2.75, 3.05) is 18.4 Å². The van der Waals surface area contributed by atoms with Gasteiger partial charge in [-0.05, 0) is 24.6 Å². The molecular formula is C21H28Cl2N4O2. The minimum Gasteiger partial charge on any atom is -0.333 e. The lowest BCUT2D eigenvalue weighted by molar-refractivity contribution is -0.134. The van der Waals surface area contributed by atoms with E-state index in [4.69, 9.17) is 23.2 Å². The Hall–Kier alpha value is -2.05. The number of halogens is 2. The molecule has 0 aliphatic heterocycles. The van der Waals surface area contributed by atoms with E-state index < -0.39 is 0 Å². The van der Waals surface area contributed by atoms with Crippen LogP contribution < -0.4 is 5.32 Å². The highest BCUT2D eigenvalue weighted by Gasteiger charge is 2.23. The van der Waals surface area contributed by atoms with Gasteiger partial charge in [0.25, 0.3) is 0 Å². The first-order chi connectivity index (χ1) is 13.6. The number of anilines is 1. The maximum Gasteiger partial charge on any atom is 0.245 e. The zero-order chi connectivity index (χ0) is 21.8. The fraction of sp³-hybridized carbons (Fsp3) is 0.476. The van der Waals surface area contributed by atoms with Gasteiger partial charge in [-0.3, -0.25) is 9.59 Å². The molecule has 2 amide bonds. The second kappa shape index (κ2) is 9.63. The fourth-order valence-corrected chi connectivity index (χ4v) is 3.08. The Bertz CT molecular complexity index is 887. The Morgan fingerprint density at radius 2 is 1.83 bits per heavy atom. The summed E-state index contributed by atoms with van der Waals surface area (Å²) < 4.78 is 1.63. The molecule has 2 aromatic rings. The van der Waals surface area contributed by atoms with Crippen LogP contribution in [0.15, 0.2) is 24.3 Å². The molecule has 0 bridgehead atoms. The van der Waals surface area contributed by atoms with E-state index in [1.807, 2.05) is 33.8 Å². The normalized spacial score (nSPS) is 11.4. The molecule has 2 rings (SSSR count). The summed E-state index contributed by atoms with van der Waals surface area (Å²) in [6, 6.07) is 7.01. The summed E-state index contributed by atoms with van der Waals surface area (Å²) in [7, 11) is 0. The number of rotatable bonds is 7. The van der Waals surface area contributed by atoms with Gasteiger partial charge in [-0.25, -0.2) is 4.68 Å². The number of nitrogens with one attached hydrogen (secondary N) is 1. The lowest BCUT2D eigenvalue weighted by Crippen LogP contribution is -2.38. The third-order valence-corrected chi connectivity index (χ3v) is 5.12. The average molecular weight is 439 g/mol. The highest BCUT2D eigenvalue weighted by Crippen LogP contribution is 2.29. The molecule has 158 valence electrons. The lowest BCUT2D eigenvalue weighted by Gasteiger charge is -2.21. The summed E-state index contributed by atoms with van der Waals surface area (Å²) in [5, 5.41) is 8.40. The molecule has 0 spiro atoms. The molecule has 29 heavy (non-hydrogen) atoms. The van der Waals surface area contributed by atoms with Gasteiger partial charge in [-0.2, -0.15) is 5.10 Å². The summed E-state index contributed by atoms with van der Waals surface area (Å²) in [5.41, 5.74) is 1.28. The van der Waals surface area contributed by atoms with E-state index in [0.717, 1.165) is 12.1 Å². The molecule has 0 aliphatic rings. The van der Waals surface area contributed by atoms with Crippen LogP contribution >= 0.6 is 23.2 Å². The molecule has 6 nitrogen and oxygen atoms in total. The van der Waals surface area contributed by atoms with Gasteiger partial charge in [0.05, 0.1) is 28.0 Å². The van der Waals surface area contributed by atoms with Gasteiger partial charge in [0.15, 0.2) is 0 Å². The van der Waals surface area contributed by atoms with E-state index in [1.54, 1.807) is 34.7 Å². The van der Waals surface area contributed by atoms with Gasteiger partial charge in [0.2, 0.25) is 11.8 Å². The molecule has 1 aromatic carbocycles. The second-order valence-corrected chi connectivity index (χ2v) is 8.71. The number of aromatic nitrogens is 2. The van der Waals surface area contributed by atoms with Crippen molar-refractivity contribution in [1.29, 1.82) is 0 Å². The summed E-state index contributed by atoms with van der Waals surface area (Å²) in [6.07, 6.45) is 1.15. The van der Waals surface area contributed by atoms with Gasteiger partial charge in [-0.15, -0.1) is 0 Å². The molecule has 8 heteroatoms. The number of hydrogen-bond donors (Lipinski definition) is 1. The summed E-state index contributed by atoms with van der Waals surface area (Å²) in [6.45, 7) is 10.4. The van der Waals surface area contributed by atoms with Gasteiger partial charge in [-0.1, -0.05) is 57.8 Å². The zero-order valence-electron chi connectivity index (χ0n) is 17.6. The van der Waals surface area contributed by atoms with Crippen LogP contribution in [0.2, 0.25) is 10.0 Å². The zero-order valence-corrected chi connectivity index (χ0v) is 19.1. The third kappa shape index (κ3) is 5.97. The highest BCUT2D eigenvalue weighted by atomic mass is 35.5. The lowest BCUT2D eigenvalue weighted by atomic mass is 9.92. The number of carbonyl (C=O) groups excluding carboxylic acids is 2. The number of amides is 2. The van der Waals surface area contributed by atoms with E-state index in [-0.39, 0.29) is 23.8 Å². The maximum atomic E-state index is 12.7. The Morgan fingerprint density at radius 1 is 1.14 bits per heavy atom. The summed E-state index contributed by atoms with van der Waals surface area (Å²) in [5.74, 6) is 0.191. The molecule has 0 fully saturated rings. The Labute approximate surface area is 182 Å². The molecule has 1 aromatic heterocycles. The minimum atomic E-state index is -0.276. The van der Waals surface area contributed by atoms with Crippen LogP contribution in [0.1, 0.15) is 53.2 Å². The van der Waals surface area contributed by atoms with Crippen LogP contribution in [0, 0.1) is 0 Å². The van der Waals surface area contributed by atoms with Crippen LogP contribution in [0.25, 0.3) is 5.69 Å². The van der Waals surface area contributed by atoms with Gasteiger partial charge in [0.1, 0.15) is 5.82 Å². The van der Waals surface area contributed by atoms with Crippen molar-refractivity contribution >= 4 is 40.8 Å². The SMILES string of the molecule is CCCN(CC(=O)Nc1cc(C(C)(C)C)nn1-c1ccc(Cl)c(Cl)c1)C(=O)CC. The van der Waals surface area contributed by atoms with E-state index in [2.05, 4.69) is 10.4 Å². The first-order valence-electron chi connectivity index (χ1n) is 9.70. The number of carbonyl (C=O) groups is 2.